The Morgan fingerprint density at radius 1 is 1.12 bits per heavy atom. The van der Waals surface area contributed by atoms with Gasteiger partial charge in [0, 0.05) is 26.4 Å². The van der Waals surface area contributed by atoms with E-state index >= 15 is 0 Å². The van der Waals surface area contributed by atoms with Gasteiger partial charge < -0.3 is 15.4 Å². The predicted octanol–water partition coefficient (Wildman–Crippen LogP) is 0.837. The van der Waals surface area contributed by atoms with Crippen molar-refractivity contribution >= 4 is 21.8 Å². The van der Waals surface area contributed by atoms with E-state index in [2.05, 4.69) is 20.6 Å². The van der Waals surface area contributed by atoms with Gasteiger partial charge in [0.1, 0.15) is 5.82 Å². The zero-order valence-corrected chi connectivity index (χ0v) is 14.2. The van der Waals surface area contributed by atoms with Gasteiger partial charge in [-0.25, -0.2) is 18.5 Å². The van der Waals surface area contributed by atoms with E-state index in [4.69, 9.17) is 9.88 Å². The topological polar surface area (TPSA) is 119 Å². The lowest BCUT2D eigenvalue weighted by atomic mass is 10.1. The summed E-state index contributed by atoms with van der Waals surface area (Å²) in [5, 5.41) is 11.3. The van der Waals surface area contributed by atoms with Crippen LogP contribution in [0.1, 0.15) is 5.56 Å². The summed E-state index contributed by atoms with van der Waals surface area (Å²) >= 11 is 0. The maximum Gasteiger partial charge on any atom is 0.238 e. The lowest BCUT2D eigenvalue weighted by Crippen LogP contribution is -2.13. The fourth-order valence-corrected chi connectivity index (χ4v) is 2.50. The summed E-state index contributed by atoms with van der Waals surface area (Å²) in [5.74, 6) is 1.25. The zero-order chi connectivity index (χ0) is 17.4. The molecule has 9 heteroatoms. The molecule has 1 heterocycles. The molecule has 0 fully saturated rings. The summed E-state index contributed by atoms with van der Waals surface area (Å²) in [6, 6.07) is 8.27. The second-order valence-electron chi connectivity index (χ2n) is 5.05. The Hall–Kier alpha value is -2.23. The van der Waals surface area contributed by atoms with Crippen molar-refractivity contribution in [2.24, 2.45) is 5.14 Å². The van der Waals surface area contributed by atoms with E-state index in [0.717, 1.165) is 11.4 Å². The number of anilines is 2. The van der Waals surface area contributed by atoms with Gasteiger partial charge in [0.15, 0.2) is 0 Å². The first-order valence-corrected chi connectivity index (χ1v) is 8.95. The number of methoxy groups -OCH3 is 1. The van der Waals surface area contributed by atoms with Crippen LogP contribution in [-0.4, -0.2) is 45.2 Å². The molecule has 8 nitrogen and oxygen atoms in total. The van der Waals surface area contributed by atoms with E-state index in [1.54, 1.807) is 31.5 Å². The summed E-state index contributed by atoms with van der Waals surface area (Å²) in [6.07, 6.45) is 2.38. The Labute approximate surface area is 141 Å². The monoisotopic (exact) mass is 351 g/mol. The van der Waals surface area contributed by atoms with Crippen molar-refractivity contribution in [3.63, 3.8) is 0 Å². The van der Waals surface area contributed by atoms with Crippen LogP contribution in [0, 0.1) is 0 Å². The van der Waals surface area contributed by atoms with Gasteiger partial charge in [0.2, 0.25) is 16.0 Å². The van der Waals surface area contributed by atoms with E-state index < -0.39 is 10.0 Å². The van der Waals surface area contributed by atoms with E-state index in [1.807, 2.05) is 0 Å². The van der Waals surface area contributed by atoms with Crippen LogP contribution in [0.25, 0.3) is 0 Å². The molecule has 0 aliphatic rings. The fourth-order valence-electron chi connectivity index (χ4n) is 1.99. The second kappa shape index (κ2) is 8.57. The minimum absolute atomic E-state index is 0.109. The first-order valence-electron chi connectivity index (χ1n) is 7.40. The summed E-state index contributed by atoms with van der Waals surface area (Å²) in [4.78, 5) is 8.60. The fraction of sp³-hybridized carbons (Fsp3) is 0.333. The Kier molecular flexibility index (Phi) is 6.47. The van der Waals surface area contributed by atoms with Gasteiger partial charge in [-0.05, 0) is 30.2 Å². The molecule has 2 aromatic rings. The number of rotatable bonds is 9. The van der Waals surface area contributed by atoms with Crippen LogP contribution in [0.5, 0.6) is 0 Å². The van der Waals surface area contributed by atoms with Crippen LogP contribution in [0.2, 0.25) is 0 Å². The van der Waals surface area contributed by atoms with E-state index in [9.17, 15) is 8.42 Å². The molecule has 4 N–H and O–H groups in total. The van der Waals surface area contributed by atoms with Crippen molar-refractivity contribution in [2.45, 2.75) is 11.3 Å². The van der Waals surface area contributed by atoms with Crippen LogP contribution < -0.4 is 15.8 Å². The number of hydrogen-bond donors (Lipinski definition) is 3. The van der Waals surface area contributed by atoms with E-state index in [0.29, 0.717) is 32.1 Å². The molecule has 0 radical (unpaired) electrons. The van der Waals surface area contributed by atoms with Gasteiger partial charge in [-0.3, -0.25) is 0 Å². The Morgan fingerprint density at radius 3 is 2.54 bits per heavy atom. The maximum absolute atomic E-state index is 11.2. The third-order valence-electron chi connectivity index (χ3n) is 3.22. The number of nitrogens with one attached hydrogen (secondary N) is 2. The van der Waals surface area contributed by atoms with E-state index in [-0.39, 0.29) is 4.90 Å². The van der Waals surface area contributed by atoms with E-state index in [1.165, 1.54) is 12.1 Å². The van der Waals surface area contributed by atoms with Gasteiger partial charge in [0.25, 0.3) is 0 Å². The van der Waals surface area contributed by atoms with Crippen molar-refractivity contribution in [2.75, 3.05) is 37.4 Å². The van der Waals surface area contributed by atoms with Gasteiger partial charge in [-0.1, -0.05) is 12.1 Å². The molecular formula is C15H21N5O3S. The molecule has 0 amide bonds. The molecule has 0 bridgehead atoms. The molecule has 0 aliphatic heterocycles. The van der Waals surface area contributed by atoms with Gasteiger partial charge in [-0.2, -0.15) is 4.98 Å². The minimum atomic E-state index is -3.65. The number of sulfonamides is 1. The first-order chi connectivity index (χ1) is 11.5. The van der Waals surface area contributed by atoms with Crippen LogP contribution in [0.4, 0.5) is 11.8 Å². The molecule has 0 saturated heterocycles. The summed E-state index contributed by atoms with van der Waals surface area (Å²) in [7, 11) is -2.01. The normalized spacial score (nSPS) is 11.2. The van der Waals surface area contributed by atoms with Crippen LogP contribution >= 0.6 is 0 Å². The highest BCUT2D eigenvalue weighted by molar-refractivity contribution is 7.89. The highest BCUT2D eigenvalue weighted by atomic mass is 32.2. The van der Waals surface area contributed by atoms with Gasteiger partial charge >= 0.3 is 0 Å². The molecule has 1 aromatic carbocycles. The molecule has 0 atom stereocenters. The molecular weight excluding hydrogens is 330 g/mol. The first kappa shape index (κ1) is 18.1. The van der Waals surface area contributed by atoms with Crippen LogP contribution in [0.15, 0.2) is 41.4 Å². The molecule has 130 valence electrons. The average Bonchev–Trinajstić information content (AvgIpc) is 2.55. The molecule has 0 saturated carbocycles. The number of ether oxygens (including phenoxy) is 1. The maximum atomic E-state index is 11.2. The molecule has 0 spiro atoms. The van der Waals surface area contributed by atoms with Gasteiger partial charge in [0.05, 0.1) is 11.5 Å². The van der Waals surface area contributed by atoms with Crippen LogP contribution in [-0.2, 0) is 21.2 Å². The zero-order valence-electron chi connectivity index (χ0n) is 13.4. The van der Waals surface area contributed by atoms with Crippen molar-refractivity contribution in [1.29, 1.82) is 0 Å². The van der Waals surface area contributed by atoms with Crippen molar-refractivity contribution in [3.05, 3.63) is 42.1 Å². The Bertz CT molecular complexity index is 750. The smallest absolute Gasteiger partial charge is 0.238 e. The summed E-state index contributed by atoms with van der Waals surface area (Å²) < 4.78 is 27.4. The minimum Gasteiger partial charge on any atom is -0.383 e. The molecule has 1 aromatic heterocycles. The number of nitrogens with zero attached hydrogens (tertiary/aromatic N) is 2. The largest absolute Gasteiger partial charge is 0.383 e. The van der Waals surface area contributed by atoms with Crippen molar-refractivity contribution < 1.29 is 13.2 Å². The number of hydrogen-bond acceptors (Lipinski definition) is 7. The number of benzene rings is 1. The quantitative estimate of drug-likeness (QED) is 0.573. The molecule has 24 heavy (non-hydrogen) atoms. The molecule has 2 rings (SSSR count). The molecule has 0 aliphatic carbocycles. The summed E-state index contributed by atoms with van der Waals surface area (Å²) in [6.45, 7) is 1.89. The molecule has 0 unspecified atom stereocenters. The van der Waals surface area contributed by atoms with Crippen LogP contribution in [0.3, 0.4) is 0 Å². The number of primary sulfonamides is 1. The standard InChI is InChI=1S/C15H21N5O3S/c1-23-11-10-17-14-7-9-19-15(20-14)18-8-6-12-2-4-13(5-3-12)24(16,21)22/h2-5,7,9H,6,8,10-11H2,1H3,(H2,16,21,22)(H2,17,18,19,20). The highest BCUT2D eigenvalue weighted by Crippen LogP contribution is 2.10. The third kappa shape index (κ3) is 5.76. The second-order valence-corrected chi connectivity index (χ2v) is 6.61. The SMILES string of the molecule is COCCNc1ccnc(NCCc2ccc(S(N)(=O)=O)cc2)n1. The Balaban J connectivity index is 1.84. The predicted molar refractivity (Wildman–Crippen MR) is 92.4 cm³/mol. The lowest BCUT2D eigenvalue weighted by molar-refractivity contribution is 0.210. The number of aromatic nitrogens is 2. The third-order valence-corrected chi connectivity index (χ3v) is 4.15. The number of nitrogens with two attached hydrogens (primary N) is 1. The summed E-state index contributed by atoms with van der Waals surface area (Å²) in [5.41, 5.74) is 0.990. The van der Waals surface area contributed by atoms with Crippen molar-refractivity contribution in [3.8, 4) is 0 Å². The van der Waals surface area contributed by atoms with Crippen molar-refractivity contribution in [1.82, 2.24) is 9.97 Å². The Morgan fingerprint density at radius 2 is 1.88 bits per heavy atom. The highest BCUT2D eigenvalue weighted by Gasteiger charge is 2.06. The average molecular weight is 351 g/mol. The van der Waals surface area contributed by atoms with Gasteiger partial charge in [-0.15, -0.1) is 0 Å². The lowest BCUT2D eigenvalue weighted by Gasteiger charge is -2.08.